The van der Waals surface area contributed by atoms with Crippen LogP contribution in [-0.4, -0.2) is 46.2 Å². The number of likely N-dealkylation sites (N-methyl/N-ethyl adjacent to an activating group) is 1. The fourth-order valence-electron chi connectivity index (χ4n) is 3.22. The average molecular weight is 320 g/mol. The Hall–Kier alpha value is -2.66. The van der Waals surface area contributed by atoms with E-state index in [0.717, 1.165) is 36.2 Å². The first-order valence-electron chi connectivity index (χ1n) is 8.21. The number of phenols is 1. The van der Waals surface area contributed by atoms with Gasteiger partial charge in [0.25, 0.3) is 0 Å². The number of hydrogen-bond acceptors (Lipinski definition) is 5. The van der Waals surface area contributed by atoms with Gasteiger partial charge in [0, 0.05) is 18.0 Å². The zero-order chi connectivity index (χ0) is 16.5. The van der Waals surface area contributed by atoms with E-state index in [-0.39, 0.29) is 5.75 Å². The van der Waals surface area contributed by atoms with Gasteiger partial charge in [-0.2, -0.15) is 0 Å². The van der Waals surface area contributed by atoms with Crippen molar-refractivity contribution < 1.29 is 5.11 Å². The van der Waals surface area contributed by atoms with E-state index in [1.54, 1.807) is 12.1 Å². The second-order valence-corrected chi connectivity index (χ2v) is 6.32. The van der Waals surface area contributed by atoms with Crippen molar-refractivity contribution in [3.63, 3.8) is 0 Å². The predicted octanol–water partition coefficient (Wildman–Crippen LogP) is 3.12. The summed E-state index contributed by atoms with van der Waals surface area (Å²) in [6.45, 7) is 2.09. The molecule has 4 rings (SSSR count). The summed E-state index contributed by atoms with van der Waals surface area (Å²) in [5, 5.41) is 14.7. The Labute approximate surface area is 141 Å². The molecule has 2 N–H and O–H groups in total. The van der Waals surface area contributed by atoms with Crippen molar-refractivity contribution in [1.29, 1.82) is 0 Å². The number of benzene rings is 2. The number of rotatable bonds is 3. The Balaban J connectivity index is 1.80. The van der Waals surface area contributed by atoms with E-state index in [4.69, 9.17) is 4.98 Å². The number of fused-ring (bicyclic) bond motifs is 1. The molecule has 5 heteroatoms. The molecule has 3 aromatic rings. The van der Waals surface area contributed by atoms with Crippen molar-refractivity contribution in [2.24, 2.45) is 0 Å². The first kappa shape index (κ1) is 14.9. The Morgan fingerprint density at radius 1 is 1.08 bits per heavy atom. The first-order valence-corrected chi connectivity index (χ1v) is 8.21. The molecule has 1 fully saturated rings. The van der Waals surface area contributed by atoms with Gasteiger partial charge in [-0.25, -0.2) is 9.97 Å². The highest BCUT2D eigenvalue weighted by Gasteiger charge is 2.21. The molecule has 0 bridgehead atoms. The highest BCUT2D eigenvalue weighted by Crippen LogP contribution is 2.30. The molecular weight excluding hydrogens is 300 g/mol. The molecule has 24 heavy (non-hydrogen) atoms. The quantitative estimate of drug-likeness (QED) is 0.776. The standard InChI is InChI=1S/C19H20N4O/c1-23-11-10-13(12-23)20-18-14-6-2-4-8-16(14)21-19(22-18)15-7-3-5-9-17(15)24/h2-9,13,24H,10-12H2,1H3,(H,20,21,22). The number of hydrogen-bond donors (Lipinski definition) is 2. The van der Waals surface area contributed by atoms with Gasteiger partial charge in [-0.1, -0.05) is 24.3 Å². The van der Waals surface area contributed by atoms with Gasteiger partial charge in [-0.15, -0.1) is 0 Å². The van der Waals surface area contributed by atoms with Crippen LogP contribution in [0.3, 0.4) is 0 Å². The van der Waals surface area contributed by atoms with Gasteiger partial charge in [-0.05, 0) is 44.3 Å². The minimum atomic E-state index is 0.194. The first-order chi connectivity index (χ1) is 11.7. The summed E-state index contributed by atoms with van der Waals surface area (Å²) in [5.74, 6) is 1.57. The maximum Gasteiger partial charge on any atom is 0.165 e. The van der Waals surface area contributed by atoms with E-state index in [9.17, 15) is 5.11 Å². The minimum Gasteiger partial charge on any atom is -0.507 e. The van der Waals surface area contributed by atoms with Gasteiger partial charge in [0.15, 0.2) is 5.82 Å². The SMILES string of the molecule is CN1CCC(Nc2nc(-c3ccccc3O)nc3ccccc23)C1. The normalized spacial score (nSPS) is 18.1. The fourth-order valence-corrected chi connectivity index (χ4v) is 3.22. The van der Waals surface area contributed by atoms with Gasteiger partial charge in [0.05, 0.1) is 11.1 Å². The van der Waals surface area contributed by atoms with Crippen LogP contribution < -0.4 is 5.32 Å². The third-order valence-electron chi connectivity index (χ3n) is 4.48. The lowest BCUT2D eigenvalue weighted by Crippen LogP contribution is -2.24. The van der Waals surface area contributed by atoms with Crippen molar-refractivity contribution in [3.05, 3.63) is 48.5 Å². The molecule has 1 aliphatic heterocycles. The summed E-state index contributed by atoms with van der Waals surface area (Å²) >= 11 is 0. The highest BCUT2D eigenvalue weighted by molar-refractivity contribution is 5.91. The molecule has 0 aliphatic carbocycles. The average Bonchev–Trinajstić information content (AvgIpc) is 3.00. The molecule has 0 saturated carbocycles. The molecule has 0 amide bonds. The Kier molecular flexibility index (Phi) is 3.78. The van der Waals surface area contributed by atoms with Gasteiger partial charge in [0.2, 0.25) is 0 Å². The van der Waals surface area contributed by atoms with E-state index in [1.165, 1.54) is 0 Å². The molecule has 122 valence electrons. The zero-order valence-electron chi connectivity index (χ0n) is 13.6. The summed E-state index contributed by atoms with van der Waals surface area (Å²) in [6, 6.07) is 15.5. The maximum absolute atomic E-state index is 10.1. The van der Waals surface area contributed by atoms with Crippen LogP contribution in [-0.2, 0) is 0 Å². The number of nitrogens with one attached hydrogen (secondary N) is 1. The van der Waals surface area contributed by atoms with Crippen molar-refractivity contribution in [1.82, 2.24) is 14.9 Å². The lowest BCUT2D eigenvalue weighted by Gasteiger charge is -2.16. The van der Waals surface area contributed by atoms with E-state index in [1.807, 2.05) is 36.4 Å². The number of para-hydroxylation sites is 2. The Bertz CT molecular complexity index is 880. The summed E-state index contributed by atoms with van der Waals surface area (Å²) < 4.78 is 0. The van der Waals surface area contributed by atoms with Crippen LogP contribution in [0.4, 0.5) is 5.82 Å². The largest absolute Gasteiger partial charge is 0.507 e. The third kappa shape index (κ3) is 2.78. The molecule has 1 aliphatic rings. The van der Waals surface area contributed by atoms with Crippen molar-refractivity contribution in [3.8, 4) is 17.1 Å². The van der Waals surface area contributed by atoms with Crippen LogP contribution in [0.1, 0.15) is 6.42 Å². The zero-order valence-corrected chi connectivity index (χ0v) is 13.6. The van der Waals surface area contributed by atoms with Gasteiger partial charge >= 0.3 is 0 Å². The molecule has 1 unspecified atom stereocenters. The molecule has 0 spiro atoms. The second-order valence-electron chi connectivity index (χ2n) is 6.32. The summed E-state index contributed by atoms with van der Waals surface area (Å²) in [5.41, 5.74) is 1.52. The van der Waals surface area contributed by atoms with Crippen LogP contribution in [0.15, 0.2) is 48.5 Å². The summed E-state index contributed by atoms with van der Waals surface area (Å²) in [6.07, 6.45) is 1.10. The highest BCUT2D eigenvalue weighted by atomic mass is 16.3. The predicted molar refractivity (Wildman–Crippen MR) is 96.2 cm³/mol. The monoisotopic (exact) mass is 320 g/mol. The molecule has 1 aromatic heterocycles. The molecule has 5 nitrogen and oxygen atoms in total. The van der Waals surface area contributed by atoms with Crippen LogP contribution in [0, 0.1) is 0 Å². The number of phenolic OH excluding ortho intramolecular Hbond substituents is 1. The number of anilines is 1. The molecular formula is C19H20N4O. The van der Waals surface area contributed by atoms with Crippen molar-refractivity contribution in [2.75, 3.05) is 25.5 Å². The van der Waals surface area contributed by atoms with Gasteiger partial charge in [0.1, 0.15) is 11.6 Å². The smallest absolute Gasteiger partial charge is 0.165 e. The maximum atomic E-state index is 10.1. The number of aromatic nitrogens is 2. The van der Waals surface area contributed by atoms with Crippen molar-refractivity contribution in [2.45, 2.75) is 12.5 Å². The van der Waals surface area contributed by atoms with E-state index in [0.29, 0.717) is 17.4 Å². The van der Waals surface area contributed by atoms with E-state index < -0.39 is 0 Å². The van der Waals surface area contributed by atoms with Crippen LogP contribution in [0.25, 0.3) is 22.3 Å². The molecule has 0 radical (unpaired) electrons. The summed E-state index contributed by atoms with van der Waals surface area (Å²) in [7, 11) is 2.13. The molecule has 2 heterocycles. The van der Waals surface area contributed by atoms with E-state index in [2.05, 4.69) is 22.2 Å². The molecule has 1 saturated heterocycles. The van der Waals surface area contributed by atoms with Gasteiger partial charge < -0.3 is 15.3 Å². The molecule has 2 aromatic carbocycles. The second kappa shape index (κ2) is 6.09. The molecule has 1 atom stereocenters. The fraction of sp³-hybridized carbons (Fsp3) is 0.263. The third-order valence-corrected chi connectivity index (χ3v) is 4.48. The van der Waals surface area contributed by atoms with Gasteiger partial charge in [-0.3, -0.25) is 0 Å². The van der Waals surface area contributed by atoms with E-state index >= 15 is 0 Å². The number of aromatic hydroxyl groups is 1. The summed E-state index contributed by atoms with van der Waals surface area (Å²) in [4.78, 5) is 11.7. The van der Waals surface area contributed by atoms with Crippen molar-refractivity contribution >= 4 is 16.7 Å². The number of nitrogens with zero attached hydrogens (tertiary/aromatic N) is 3. The Morgan fingerprint density at radius 3 is 2.67 bits per heavy atom. The Morgan fingerprint density at radius 2 is 1.88 bits per heavy atom. The minimum absolute atomic E-state index is 0.194. The lowest BCUT2D eigenvalue weighted by molar-refractivity contribution is 0.414. The number of likely N-dealkylation sites (tertiary alicyclic amines) is 1. The lowest BCUT2D eigenvalue weighted by atomic mass is 10.1. The van der Waals surface area contributed by atoms with Crippen LogP contribution in [0.5, 0.6) is 5.75 Å². The van der Waals surface area contributed by atoms with Crippen LogP contribution in [0.2, 0.25) is 0 Å². The van der Waals surface area contributed by atoms with Crippen LogP contribution >= 0.6 is 0 Å². The topological polar surface area (TPSA) is 61.3 Å².